The van der Waals surface area contributed by atoms with Gasteiger partial charge in [-0.1, -0.05) is 164 Å². The van der Waals surface area contributed by atoms with Gasteiger partial charge in [-0.3, -0.25) is 0 Å². The minimum absolute atomic E-state index is 0.00169. The lowest BCUT2D eigenvalue weighted by atomic mass is 10.0. The van der Waals surface area contributed by atoms with E-state index in [0.717, 1.165) is 23.1 Å². The first kappa shape index (κ1) is 93.8. The van der Waals surface area contributed by atoms with Gasteiger partial charge < -0.3 is 63.1 Å². The van der Waals surface area contributed by atoms with E-state index in [9.17, 15) is 49.7 Å². The molecule has 4 heterocycles. The van der Waals surface area contributed by atoms with E-state index in [4.69, 9.17) is 54.2 Å². The Morgan fingerprint density at radius 2 is 0.590 bits per heavy atom. The van der Waals surface area contributed by atoms with Crippen LogP contribution >= 0.6 is 11.6 Å². The number of phenolic OH excluding ortho intramolecular Hbond substituents is 4. The number of aromatic nitrogens is 12. The summed E-state index contributed by atoms with van der Waals surface area (Å²) in [7, 11) is 9.80. The SMILES string of the molecule is CCCOC(=O)c1ccc(-c2nc(-c3ccccc3)nc(-c3ccc(OC)cc3O)n2)cc1Cl.CCOC(=O)c1ccc(-c2nc(-c3ccccc3)nc(-c3ccc(OC)cc3O)n2)cc1.COC(=O)c1ccc(-c2nc(-c3ccccc3)nc(-c3ccc(OC)cc3O)n2)c(C(=O)OC)c1.COC(=O)c1ccc(-c2nc(-c3ccccc3)nc(-c3ccc(OC)cc3O)n2)cc1C#N. The van der Waals surface area contributed by atoms with Crippen LogP contribution in [0.2, 0.25) is 5.02 Å². The van der Waals surface area contributed by atoms with E-state index in [-0.39, 0.29) is 90.9 Å². The highest BCUT2D eigenvalue weighted by Crippen LogP contribution is 2.40. The zero-order chi connectivity index (χ0) is 94.9. The van der Waals surface area contributed by atoms with Gasteiger partial charge >= 0.3 is 29.8 Å². The van der Waals surface area contributed by atoms with Gasteiger partial charge in [0.05, 0.1) is 124 Å². The van der Waals surface area contributed by atoms with E-state index in [1.807, 2.05) is 134 Å². The van der Waals surface area contributed by atoms with Crippen molar-refractivity contribution in [1.29, 1.82) is 5.26 Å². The molecule has 12 aromatic carbocycles. The molecular formula is C102H82ClN13O18. The molecular weight excluding hydrogens is 1730 g/mol. The van der Waals surface area contributed by atoms with Crippen LogP contribution in [0.3, 0.4) is 0 Å². The number of hydrogen-bond acceptors (Lipinski definition) is 31. The standard InChI is InChI=1S/C26H22ClN3O4.C26H21N3O6.C25H18N4O4.C25H21N3O4/c1-3-13-34-26(32)19-11-9-17(14-21(19)27)24-28-23(16-7-5-4-6-8-16)29-25(30-24)20-12-10-18(33-2)15-22(20)31;1-33-17-10-12-19(21(30)14-17)24-28-22(15-7-5-4-6-8-15)27-23(29-24)18-11-9-16(25(31)34-2)13-20(18)26(32)35-3;1-32-18-9-11-20(21(30)13-18)24-28-22(15-6-4-3-5-7-15)27-23(29-24)16-8-10-19(25(31)33-2)17(12-16)14-26;1-3-32-25(30)18-11-9-17(10-12-18)23-26-22(16-7-5-4-6-8-16)27-24(28-23)20-14-13-19(31-2)15-21(20)29/h4-12,14-15,31H,3,13H2,1-2H3;4-14,30H,1-3H3;3-13,30H,1-2H3;4-15,29H,3H2,1-2H3. The molecule has 0 fully saturated rings. The number of benzene rings is 12. The van der Waals surface area contributed by atoms with Crippen LogP contribution in [0.15, 0.2) is 273 Å². The fourth-order valence-electron chi connectivity index (χ4n) is 13.1. The van der Waals surface area contributed by atoms with Gasteiger partial charge in [-0.2, -0.15) is 5.26 Å². The second-order valence-corrected chi connectivity index (χ2v) is 28.9. The number of esters is 5. The van der Waals surface area contributed by atoms with E-state index in [1.165, 1.54) is 98.3 Å². The van der Waals surface area contributed by atoms with E-state index in [0.29, 0.717) is 133 Å². The minimum atomic E-state index is -0.679. The van der Waals surface area contributed by atoms with Crippen LogP contribution in [0.5, 0.6) is 46.0 Å². The lowest BCUT2D eigenvalue weighted by Crippen LogP contribution is -2.10. The zero-order valence-corrected chi connectivity index (χ0v) is 74.1. The minimum Gasteiger partial charge on any atom is -0.507 e. The lowest BCUT2D eigenvalue weighted by molar-refractivity contribution is 0.0501. The molecule has 16 aromatic rings. The molecule has 0 saturated carbocycles. The van der Waals surface area contributed by atoms with Gasteiger partial charge in [0.2, 0.25) is 0 Å². The highest BCUT2D eigenvalue weighted by molar-refractivity contribution is 6.34. The largest absolute Gasteiger partial charge is 0.507 e. The number of carbonyl (C=O) groups is 5. The summed E-state index contributed by atoms with van der Waals surface area (Å²) >= 11 is 6.40. The van der Waals surface area contributed by atoms with Crippen LogP contribution in [0.25, 0.3) is 137 Å². The molecule has 670 valence electrons. The van der Waals surface area contributed by atoms with Crippen LogP contribution < -0.4 is 18.9 Å². The summed E-state index contributed by atoms with van der Waals surface area (Å²) in [6, 6.07) is 79.7. The van der Waals surface area contributed by atoms with Crippen molar-refractivity contribution in [3.05, 3.63) is 311 Å². The van der Waals surface area contributed by atoms with Crippen LogP contribution in [0.1, 0.15) is 77.6 Å². The van der Waals surface area contributed by atoms with Crippen molar-refractivity contribution < 1.29 is 87.0 Å². The first-order valence-electron chi connectivity index (χ1n) is 41.0. The van der Waals surface area contributed by atoms with Crippen molar-refractivity contribution in [2.75, 3.05) is 63.0 Å². The molecule has 0 saturated heterocycles. The number of rotatable bonds is 24. The van der Waals surface area contributed by atoms with Crippen LogP contribution in [-0.2, 0) is 23.7 Å². The molecule has 0 aliphatic heterocycles. The fraction of sp³-hybridized carbons (Fsp3) is 0.118. The number of phenols is 4. The quantitative estimate of drug-likeness (QED) is 0.0322. The van der Waals surface area contributed by atoms with Gasteiger partial charge in [-0.15, -0.1) is 0 Å². The van der Waals surface area contributed by atoms with Crippen molar-refractivity contribution in [3.63, 3.8) is 0 Å². The number of nitrogens with zero attached hydrogens (tertiary/aromatic N) is 13. The number of ether oxygens (including phenoxy) is 9. The Balaban J connectivity index is 0.000000152. The average molecular weight is 1810 g/mol. The van der Waals surface area contributed by atoms with Gasteiger partial charge in [-0.25, -0.2) is 83.8 Å². The molecule has 4 aromatic heterocycles. The number of aromatic hydroxyl groups is 4. The van der Waals surface area contributed by atoms with Crippen LogP contribution in [-0.4, -0.2) is 173 Å². The average Bonchev–Trinajstić information content (AvgIpc) is 0.787. The topological polar surface area (TPSA) is 428 Å². The van der Waals surface area contributed by atoms with Crippen molar-refractivity contribution in [1.82, 2.24) is 59.8 Å². The van der Waals surface area contributed by atoms with Gasteiger partial charge in [0.15, 0.2) is 69.9 Å². The Morgan fingerprint density at radius 1 is 0.291 bits per heavy atom. The Bertz CT molecular complexity index is 7030. The zero-order valence-electron chi connectivity index (χ0n) is 73.3. The molecule has 31 nitrogen and oxygen atoms in total. The predicted molar refractivity (Wildman–Crippen MR) is 498 cm³/mol. The smallest absolute Gasteiger partial charge is 0.339 e. The molecule has 0 amide bonds. The summed E-state index contributed by atoms with van der Waals surface area (Å²) in [4.78, 5) is 116. The first-order chi connectivity index (χ1) is 65.1. The Morgan fingerprint density at radius 3 is 0.918 bits per heavy atom. The summed E-state index contributed by atoms with van der Waals surface area (Å²) in [6.07, 6.45) is 0.718. The molecule has 0 bridgehead atoms. The maximum Gasteiger partial charge on any atom is 0.339 e. The summed E-state index contributed by atoms with van der Waals surface area (Å²) in [5, 5.41) is 52.0. The van der Waals surface area contributed by atoms with Gasteiger partial charge in [-0.05, 0) is 116 Å². The number of nitriles is 1. The molecule has 4 N–H and O–H groups in total. The maximum atomic E-state index is 12.6. The van der Waals surface area contributed by atoms with Gasteiger partial charge in [0, 0.05) is 68.8 Å². The molecule has 0 aliphatic carbocycles. The predicted octanol–water partition coefficient (Wildman–Crippen LogP) is 19.0. The first-order valence-corrected chi connectivity index (χ1v) is 41.4. The van der Waals surface area contributed by atoms with Gasteiger partial charge in [0.25, 0.3) is 0 Å². The molecule has 0 radical (unpaired) electrons. The summed E-state index contributed by atoms with van der Waals surface area (Å²) in [5.41, 5.74) is 8.02. The third-order valence-corrected chi connectivity index (χ3v) is 20.2. The second kappa shape index (κ2) is 44.3. The molecule has 16 rings (SSSR count). The number of halogens is 1. The normalized spacial score (nSPS) is 10.5. The van der Waals surface area contributed by atoms with E-state index < -0.39 is 23.9 Å². The van der Waals surface area contributed by atoms with Crippen molar-refractivity contribution in [2.45, 2.75) is 20.3 Å². The van der Waals surface area contributed by atoms with Crippen molar-refractivity contribution in [2.24, 2.45) is 0 Å². The van der Waals surface area contributed by atoms with E-state index >= 15 is 0 Å². The maximum absolute atomic E-state index is 12.6. The Kier molecular flexibility index (Phi) is 31.0. The second-order valence-electron chi connectivity index (χ2n) is 28.5. The van der Waals surface area contributed by atoms with Crippen LogP contribution in [0, 0.1) is 11.3 Å². The number of methoxy groups -OCH3 is 7. The molecule has 0 aliphatic rings. The molecule has 0 spiro atoms. The summed E-state index contributed by atoms with van der Waals surface area (Å²) in [6.45, 7) is 4.31. The third-order valence-electron chi connectivity index (χ3n) is 19.9. The van der Waals surface area contributed by atoms with Crippen molar-refractivity contribution >= 4 is 41.4 Å². The van der Waals surface area contributed by atoms with E-state index in [2.05, 4.69) is 59.8 Å². The highest BCUT2D eigenvalue weighted by Gasteiger charge is 2.26. The molecule has 134 heavy (non-hydrogen) atoms. The fourth-order valence-corrected chi connectivity index (χ4v) is 13.3. The summed E-state index contributed by atoms with van der Waals surface area (Å²) < 4.78 is 45.3. The van der Waals surface area contributed by atoms with Crippen LogP contribution in [0.4, 0.5) is 0 Å². The number of hydrogen-bond donors (Lipinski definition) is 4. The van der Waals surface area contributed by atoms with Crippen molar-refractivity contribution in [3.8, 4) is 189 Å². The Labute approximate surface area is 772 Å². The molecule has 0 atom stereocenters. The van der Waals surface area contributed by atoms with E-state index in [1.54, 1.807) is 110 Å². The molecule has 32 heteroatoms. The third kappa shape index (κ3) is 22.7. The lowest BCUT2D eigenvalue weighted by Gasteiger charge is -2.12. The number of carbonyl (C=O) groups excluding carboxylic acids is 5. The summed E-state index contributed by atoms with van der Waals surface area (Å²) in [5.74, 6) is 2.91. The van der Waals surface area contributed by atoms with Gasteiger partial charge in [0.1, 0.15) is 52.1 Å². The Hall–Kier alpha value is -17.8. The highest BCUT2D eigenvalue weighted by atomic mass is 35.5. The monoisotopic (exact) mass is 1810 g/mol. The molecule has 0 unspecified atom stereocenters.